The van der Waals surface area contributed by atoms with Gasteiger partial charge in [0.25, 0.3) is 5.91 Å². The maximum absolute atomic E-state index is 11.2. The van der Waals surface area contributed by atoms with Crippen LogP contribution >= 0.6 is 0 Å². The van der Waals surface area contributed by atoms with Gasteiger partial charge in [0.1, 0.15) is 6.04 Å². The highest BCUT2D eigenvalue weighted by Crippen LogP contribution is 2.09. The number of hydrogen-bond donors (Lipinski definition) is 2. The Morgan fingerprint density at radius 1 is 1.69 bits per heavy atom. The summed E-state index contributed by atoms with van der Waals surface area (Å²) in [5, 5.41) is 10.8. The number of ether oxygens (including phenoxy) is 1. The molecule has 5 nitrogen and oxygen atoms in total. The fourth-order valence-electron chi connectivity index (χ4n) is 0.905. The van der Waals surface area contributed by atoms with Crippen LogP contribution in [0, 0.1) is 0 Å². The molecule has 0 aromatic rings. The molecule has 0 aromatic carbocycles. The molecule has 1 rings (SSSR count). The molecule has 1 atom stereocenters. The van der Waals surface area contributed by atoms with Gasteiger partial charge >= 0.3 is 5.97 Å². The van der Waals surface area contributed by atoms with E-state index in [1.165, 1.54) is 13.2 Å². The van der Waals surface area contributed by atoms with Crippen LogP contribution in [0.2, 0.25) is 0 Å². The molecule has 1 aliphatic heterocycles. The zero-order chi connectivity index (χ0) is 9.84. The summed E-state index contributed by atoms with van der Waals surface area (Å²) in [6.07, 6.45) is 1.90. The van der Waals surface area contributed by atoms with E-state index < -0.39 is 12.0 Å². The van der Waals surface area contributed by atoms with E-state index in [0.717, 1.165) is 0 Å². The summed E-state index contributed by atoms with van der Waals surface area (Å²) in [5.74, 6) is -1.42. The summed E-state index contributed by atoms with van der Waals surface area (Å²) >= 11 is 0. The lowest BCUT2D eigenvalue weighted by Gasteiger charge is -2.08. The SMILES string of the molecule is CC(NC(=O)C1=COCC1)C(=O)O. The van der Waals surface area contributed by atoms with Crippen LogP contribution in [-0.4, -0.2) is 29.6 Å². The molecule has 1 unspecified atom stereocenters. The molecule has 1 amide bonds. The number of nitrogens with one attached hydrogen (secondary N) is 1. The van der Waals surface area contributed by atoms with Crippen molar-refractivity contribution in [2.75, 3.05) is 6.61 Å². The van der Waals surface area contributed by atoms with Crippen molar-refractivity contribution in [1.82, 2.24) is 5.32 Å². The van der Waals surface area contributed by atoms with Crippen LogP contribution < -0.4 is 5.32 Å². The predicted molar refractivity (Wildman–Crippen MR) is 43.9 cm³/mol. The van der Waals surface area contributed by atoms with Crippen molar-refractivity contribution in [3.8, 4) is 0 Å². The highest BCUT2D eigenvalue weighted by Gasteiger charge is 2.19. The Morgan fingerprint density at radius 2 is 2.38 bits per heavy atom. The monoisotopic (exact) mass is 185 g/mol. The Balaban J connectivity index is 2.45. The number of aliphatic carboxylic acids is 1. The summed E-state index contributed by atoms with van der Waals surface area (Å²) in [4.78, 5) is 21.6. The van der Waals surface area contributed by atoms with E-state index in [-0.39, 0.29) is 5.91 Å². The number of carboxylic acids is 1. The molecule has 1 heterocycles. The minimum Gasteiger partial charge on any atom is -0.500 e. The van der Waals surface area contributed by atoms with E-state index in [2.05, 4.69) is 5.32 Å². The molecule has 0 aliphatic carbocycles. The predicted octanol–water partition coefficient (Wildman–Crippen LogP) is -0.120. The van der Waals surface area contributed by atoms with E-state index in [9.17, 15) is 9.59 Å². The fraction of sp³-hybridized carbons (Fsp3) is 0.500. The zero-order valence-corrected chi connectivity index (χ0v) is 7.24. The minimum atomic E-state index is -1.05. The van der Waals surface area contributed by atoms with Gasteiger partial charge in [0.2, 0.25) is 0 Å². The van der Waals surface area contributed by atoms with Crippen molar-refractivity contribution in [3.63, 3.8) is 0 Å². The third-order valence-electron chi connectivity index (χ3n) is 1.72. The van der Waals surface area contributed by atoms with E-state index in [0.29, 0.717) is 18.6 Å². The van der Waals surface area contributed by atoms with Crippen LogP contribution in [0.5, 0.6) is 0 Å². The number of hydrogen-bond acceptors (Lipinski definition) is 3. The minimum absolute atomic E-state index is 0.368. The number of carbonyl (C=O) groups is 2. The second kappa shape index (κ2) is 3.93. The summed E-state index contributed by atoms with van der Waals surface area (Å²) in [7, 11) is 0. The van der Waals surface area contributed by atoms with Crippen molar-refractivity contribution in [1.29, 1.82) is 0 Å². The van der Waals surface area contributed by atoms with Gasteiger partial charge < -0.3 is 15.2 Å². The molecule has 0 saturated carbocycles. The Bertz CT molecular complexity index is 259. The lowest BCUT2D eigenvalue weighted by molar-refractivity contribution is -0.140. The van der Waals surface area contributed by atoms with Gasteiger partial charge in [0.05, 0.1) is 18.4 Å². The molecule has 2 N–H and O–H groups in total. The molecule has 72 valence electrons. The van der Waals surface area contributed by atoms with E-state index in [4.69, 9.17) is 9.84 Å². The molecule has 1 aliphatic rings. The van der Waals surface area contributed by atoms with Crippen molar-refractivity contribution in [3.05, 3.63) is 11.8 Å². The largest absolute Gasteiger partial charge is 0.500 e. The number of carbonyl (C=O) groups excluding carboxylic acids is 1. The third kappa shape index (κ3) is 2.47. The molecule has 0 spiro atoms. The maximum Gasteiger partial charge on any atom is 0.325 e. The van der Waals surface area contributed by atoms with Gasteiger partial charge in [-0.2, -0.15) is 0 Å². The maximum atomic E-state index is 11.2. The number of amides is 1. The molecule has 5 heteroatoms. The first-order valence-electron chi connectivity index (χ1n) is 3.95. The highest BCUT2D eigenvalue weighted by molar-refractivity contribution is 5.95. The van der Waals surface area contributed by atoms with E-state index >= 15 is 0 Å². The number of rotatable bonds is 3. The first kappa shape index (κ1) is 9.57. The normalized spacial score (nSPS) is 17.2. The lowest BCUT2D eigenvalue weighted by atomic mass is 10.2. The molecule has 0 saturated heterocycles. The standard InChI is InChI=1S/C8H11NO4/c1-5(8(11)12)9-7(10)6-2-3-13-4-6/h4-5H,2-3H2,1H3,(H,9,10)(H,11,12). The van der Waals surface area contributed by atoms with Crippen LogP contribution in [0.25, 0.3) is 0 Å². The van der Waals surface area contributed by atoms with Gasteiger partial charge in [-0.25, -0.2) is 0 Å². The van der Waals surface area contributed by atoms with Crippen LogP contribution in [0.3, 0.4) is 0 Å². The van der Waals surface area contributed by atoms with Gasteiger partial charge in [-0.1, -0.05) is 0 Å². The van der Waals surface area contributed by atoms with Gasteiger partial charge in [-0.05, 0) is 6.92 Å². The Hall–Kier alpha value is -1.52. The second-order valence-corrected chi connectivity index (χ2v) is 2.80. The molecular weight excluding hydrogens is 174 g/mol. The lowest BCUT2D eigenvalue weighted by Crippen LogP contribution is -2.38. The molecule has 0 aromatic heterocycles. The first-order valence-corrected chi connectivity index (χ1v) is 3.95. The van der Waals surface area contributed by atoms with Gasteiger partial charge in [0.15, 0.2) is 0 Å². The quantitative estimate of drug-likeness (QED) is 0.642. The van der Waals surface area contributed by atoms with Crippen LogP contribution in [0.1, 0.15) is 13.3 Å². The topological polar surface area (TPSA) is 75.6 Å². The van der Waals surface area contributed by atoms with Gasteiger partial charge in [-0.15, -0.1) is 0 Å². The van der Waals surface area contributed by atoms with Crippen LogP contribution in [0.4, 0.5) is 0 Å². The van der Waals surface area contributed by atoms with E-state index in [1.54, 1.807) is 0 Å². The Labute approximate surface area is 75.4 Å². The number of carboxylic acid groups (broad SMARTS) is 1. The zero-order valence-electron chi connectivity index (χ0n) is 7.24. The Morgan fingerprint density at radius 3 is 2.85 bits per heavy atom. The smallest absolute Gasteiger partial charge is 0.325 e. The summed E-state index contributed by atoms with van der Waals surface area (Å²) in [5.41, 5.74) is 0.494. The first-order chi connectivity index (χ1) is 6.11. The molecule has 0 bridgehead atoms. The van der Waals surface area contributed by atoms with Crippen LogP contribution in [0.15, 0.2) is 11.8 Å². The summed E-state index contributed by atoms with van der Waals surface area (Å²) in [6.45, 7) is 1.90. The van der Waals surface area contributed by atoms with Gasteiger partial charge in [-0.3, -0.25) is 9.59 Å². The molecule has 0 radical (unpaired) electrons. The molecule has 13 heavy (non-hydrogen) atoms. The average Bonchev–Trinajstić information content (AvgIpc) is 2.55. The van der Waals surface area contributed by atoms with Crippen molar-refractivity contribution >= 4 is 11.9 Å². The van der Waals surface area contributed by atoms with Gasteiger partial charge in [0, 0.05) is 6.42 Å². The Kier molecular flexibility index (Phi) is 2.89. The second-order valence-electron chi connectivity index (χ2n) is 2.80. The third-order valence-corrected chi connectivity index (χ3v) is 1.72. The summed E-state index contributed by atoms with van der Waals surface area (Å²) < 4.78 is 4.85. The molecule has 0 fully saturated rings. The fourth-order valence-corrected chi connectivity index (χ4v) is 0.905. The molecular formula is C8H11NO4. The van der Waals surface area contributed by atoms with Crippen molar-refractivity contribution in [2.45, 2.75) is 19.4 Å². The van der Waals surface area contributed by atoms with Crippen molar-refractivity contribution < 1.29 is 19.4 Å². The highest BCUT2D eigenvalue weighted by atomic mass is 16.5. The van der Waals surface area contributed by atoms with Crippen LogP contribution in [-0.2, 0) is 14.3 Å². The average molecular weight is 185 g/mol. The summed E-state index contributed by atoms with van der Waals surface area (Å²) in [6, 6.07) is -0.867. The van der Waals surface area contributed by atoms with Crippen molar-refractivity contribution in [2.24, 2.45) is 0 Å². The van der Waals surface area contributed by atoms with E-state index in [1.807, 2.05) is 0 Å².